The van der Waals surface area contributed by atoms with E-state index in [0.29, 0.717) is 11.5 Å². The number of aromatic nitrogens is 2. The maximum absolute atomic E-state index is 11.7. The number of nitrogens with one attached hydrogen (secondary N) is 1. The summed E-state index contributed by atoms with van der Waals surface area (Å²) in [5.74, 6) is 0.180. The highest BCUT2D eigenvalue weighted by molar-refractivity contribution is 5.94. The lowest BCUT2D eigenvalue weighted by atomic mass is 10.1. The zero-order valence-electron chi connectivity index (χ0n) is 9.83. The summed E-state index contributed by atoms with van der Waals surface area (Å²) in [6.45, 7) is 1.64. The predicted octanol–water partition coefficient (Wildman–Crippen LogP) is 0.847. The molecular formula is C12H13N3O3. The lowest BCUT2D eigenvalue weighted by molar-refractivity contribution is 0.0922. The van der Waals surface area contributed by atoms with Crippen molar-refractivity contribution in [1.82, 2.24) is 15.5 Å². The van der Waals surface area contributed by atoms with Crippen molar-refractivity contribution >= 4 is 5.91 Å². The van der Waals surface area contributed by atoms with Crippen molar-refractivity contribution in [3.63, 3.8) is 0 Å². The highest BCUT2D eigenvalue weighted by atomic mass is 16.4. The molecule has 2 N–H and O–H groups in total. The van der Waals surface area contributed by atoms with Crippen molar-refractivity contribution in [2.75, 3.05) is 6.61 Å². The Morgan fingerprint density at radius 1 is 1.44 bits per heavy atom. The Morgan fingerprint density at radius 3 is 2.72 bits per heavy atom. The summed E-state index contributed by atoms with van der Waals surface area (Å²) in [6, 6.07) is 6.52. The van der Waals surface area contributed by atoms with Crippen LogP contribution in [0.25, 0.3) is 11.5 Å². The van der Waals surface area contributed by atoms with Crippen molar-refractivity contribution < 1.29 is 14.3 Å². The van der Waals surface area contributed by atoms with Crippen LogP contribution in [0.2, 0.25) is 0 Å². The quantitative estimate of drug-likeness (QED) is 0.836. The van der Waals surface area contributed by atoms with Crippen LogP contribution < -0.4 is 5.32 Å². The third kappa shape index (κ3) is 2.72. The summed E-state index contributed by atoms with van der Waals surface area (Å²) in [5.41, 5.74) is 1.26. The minimum absolute atomic E-state index is 0.0915. The molecule has 1 unspecified atom stereocenters. The van der Waals surface area contributed by atoms with Gasteiger partial charge in [0.25, 0.3) is 5.91 Å². The lowest BCUT2D eigenvalue weighted by Gasteiger charge is -2.10. The number of carbonyl (C=O) groups is 1. The Kier molecular flexibility index (Phi) is 3.69. The highest BCUT2D eigenvalue weighted by Crippen LogP contribution is 2.16. The van der Waals surface area contributed by atoms with Crippen LogP contribution in [0.3, 0.4) is 0 Å². The van der Waals surface area contributed by atoms with E-state index in [-0.39, 0.29) is 18.6 Å². The second kappa shape index (κ2) is 5.42. The molecule has 94 valence electrons. The third-order valence-electron chi connectivity index (χ3n) is 2.41. The maximum Gasteiger partial charge on any atom is 0.251 e. The Balaban J connectivity index is 2.10. The number of hydrogen-bond donors (Lipinski definition) is 2. The van der Waals surface area contributed by atoms with E-state index < -0.39 is 0 Å². The minimum atomic E-state index is -0.270. The van der Waals surface area contributed by atoms with Gasteiger partial charge in [-0.2, -0.15) is 0 Å². The molecule has 0 spiro atoms. The van der Waals surface area contributed by atoms with Crippen LogP contribution in [0.15, 0.2) is 35.1 Å². The van der Waals surface area contributed by atoms with Gasteiger partial charge >= 0.3 is 0 Å². The summed E-state index contributed by atoms with van der Waals surface area (Å²) in [5, 5.41) is 18.9. The van der Waals surface area contributed by atoms with E-state index in [1.54, 1.807) is 31.2 Å². The van der Waals surface area contributed by atoms with Gasteiger partial charge in [0.2, 0.25) is 12.3 Å². The number of benzene rings is 1. The zero-order valence-corrected chi connectivity index (χ0v) is 9.83. The molecule has 0 aliphatic carbocycles. The smallest absolute Gasteiger partial charge is 0.251 e. The third-order valence-corrected chi connectivity index (χ3v) is 2.41. The molecule has 0 aliphatic rings. The summed E-state index contributed by atoms with van der Waals surface area (Å²) < 4.78 is 5.05. The average Bonchev–Trinajstić information content (AvgIpc) is 2.92. The first kappa shape index (κ1) is 12.3. The van der Waals surface area contributed by atoms with E-state index >= 15 is 0 Å². The molecule has 1 aromatic carbocycles. The molecule has 1 amide bonds. The molecule has 1 heterocycles. The second-order valence-corrected chi connectivity index (χ2v) is 3.88. The van der Waals surface area contributed by atoms with E-state index in [0.717, 1.165) is 5.56 Å². The number of amides is 1. The molecule has 1 aromatic heterocycles. The Hall–Kier alpha value is -2.21. The monoisotopic (exact) mass is 247 g/mol. The zero-order chi connectivity index (χ0) is 13.0. The van der Waals surface area contributed by atoms with Gasteiger partial charge in [0.1, 0.15) is 0 Å². The van der Waals surface area contributed by atoms with E-state index in [1.807, 2.05) is 0 Å². The van der Waals surface area contributed by atoms with Gasteiger partial charge in [-0.15, -0.1) is 10.2 Å². The van der Waals surface area contributed by atoms with Crippen LogP contribution in [0, 0.1) is 0 Å². The summed E-state index contributed by atoms with van der Waals surface area (Å²) in [7, 11) is 0. The van der Waals surface area contributed by atoms with E-state index in [9.17, 15) is 4.79 Å². The molecule has 2 aromatic rings. The van der Waals surface area contributed by atoms with Crippen molar-refractivity contribution in [1.29, 1.82) is 0 Å². The summed E-state index contributed by atoms with van der Waals surface area (Å²) in [4.78, 5) is 11.7. The SMILES string of the molecule is CC(CO)NC(=O)c1ccc(-c2nnco2)cc1. The molecular weight excluding hydrogens is 234 g/mol. The van der Waals surface area contributed by atoms with Crippen LogP contribution >= 0.6 is 0 Å². The summed E-state index contributed by atoms with van der Waals surface area (Å²) in [6.07, 6.45) is 1.25. The molecule has 0 radical (unpaired) electrons. The van der Waals surface area contributed by atoms with Crippen LogP contribution in [-0.4, -0.2) is 33.9 Å². The fraction of sp³-hybridized carbons (Fsp3) is 0.250. The molecule has 0 aliphatic heterocycles. The normalized spacial score (nSPS) is 12.1. The van der Waals surface area contributed by atoms with Gasteiger partial charge in [-0.25, -0.2) is 0 Å². The summed E-state index contributed by atoms with van der Waals surface area (Å²) >= 11 is 0. The fourth-order valence-corrected chi connectivity index (χ4v) is 1.42. The topological polar surface area (TPSA) is 88.2 Å². The van der Waals surface area contributed by atoms with E-state index in [4.69, 9.17) is 9.52 Å². The maximum atomic E-state index is 11.7. The molecule has 2 rings (SSSR count). The lowest BCUT2D eigenvalue weighted by Crippen LogP contribution is -2.34. The molecule has 6 heteroatoms. The molecule has 6 nitrogen and oxygen atoms in total. The van der Waals surface area contributed by atoms with Gasteiger partial charge in [-0.05, 0) is 31.2 Å². The molecule has 0 saturated heterocycles. The van der Waals surface area contributed by atoms with Gasteiger partial charge in [-0.1, -0.05) is 0 Å². The number of rotatable bonds is 4. The minimum Gasteiger partial charge on any atom is -0.423 e. The first-order valence-electron chi connectivity index (χ1n) is 5.49. The van der Waals surface area contributed by atoms with Gasteiger partial charge in [0, 0.05) is 17.2 Å². The average molecular weight is 247 g/mol. The number of carbonyl (C=O) groups excluding carboxylic acids is 1. The van der Waals surface area contributed by atoms with Gasteiger partial charge in [0.15, 0.2) is 0 Å². The Morgan fingerprint density at radius 2 is 2.17 bits per heavy atom. The van der Waals surface area contributed by atoms with Gasteiger partial charge in [-0.3, -0.25) is 4.79 Å². The van der Waals surface area contributed by atoms with Crippen molar-refractivity contribution in [3.8, 4) is 11.5 Å². The first-order chi connectivity index (χ1) is 8.70. The largest absolute Gasteiger partial charge is 0.423 e. The molecule has 18 heavy (non-hydrogen) atoms. The standard InChI is InChI=1S/C12H13N3O3/c1-8(6-16)14-11(17)9-2-4-10(5-3-9)12-15-13-7-18-12/h2-5,7-8,16H,6H2,1H3,(H,14,17). The molecule has 0 saturated carbocycles. The van der Waals surface area contributed by atoms with Crippen LogP contribution in [0.4, 0.5) is 0 Å². The van der Waals surface area contributed by atoms with Crippen LogP contribution in [0.5, 0.6) is 0 Å². The predicted molar refractivity (Wildman–Crippen MR) is 63.7 cm³/mol. The van der Waals surface area contributed by atoms with Gasteiger partial charge < -0.3 is 14.8 Å². The highest BCUT2D eigenvalue weighted by Gasteiger charge is 2.10. The number of hydrogen-bond acceptors (Lipinski definition) is 5. The van der Waals surface area contributed by atoms with Crippen LogP contribution in [0.1, 0.15) is 17.3 Å². The van der Waals surface area contributed by atoms with E-state index in [1.165, 1.54) is 6.39 Å². The Labute approximate surface area is 104 Å². The molecule has 1 atom stereocenters. The van der Waals surface area contributed by atoms with Crippen LogP contribution in [-0.2, 0) is 0 Å². The van der Waals surface area contributed by atoms with E-state index in [2.05, 4.69) is 15.5 Å². The first-order valence-corrected chi connectivity index (χ1v) is 5.49. The van der Waals surface area contributed by atoms with Crippen molar-refractivity contribution in [2.24, 2.45) is 0 Å². The van der Waals surface area contributed by atoms with Crippen molar-refractivity contribution in [2.45, 2.75) is 13.0 Å². The van der Waals surface area contributed by atoms with Gasteiger partial charge in [0.05, 0.1) is 6.61 Å². The molecule has 0 fully saturated rings. The van der Waals surface area contributed by atoms with Crippen molar-refractivity contribution in [3.05, 3.63) is 36.2 Å². The number of nitrogens with zero attached hydrogens (tertiary/aromatic N) is 2. The second-order valence-electron chi connectivity index (χ2n) is 3.88. The fourth-order valence-electron chi connectivity index (χ4n) is 1.42. The number of aliphatic hydroxyl groups is 1. The number of aliphatic hydroxyl groups excluding tert-OH is 1. The Bertz CT molecular complexity index is 508. The molecule has 0 bridgehead atoms.